The number of ether oxygens (including phenoxy) is 1. The average molecular weight is 1180 g/mol. The minimum absolute atomic E-state index is 0.0125. The molecule has 0 heterocycles. The fourth-order valence-electron chi connectivity index (χ4n) is 12.3. The number of nitrogens with one attached hydrogen (secondary N) is 1. The van der Waals surface area contributed by atoms with Crippen molar-refractivity contribution in [2.45, 2.75) is 450 Å². The highest BCUT2D eigenvalue weighted by Crippen LogP contribution is 2.20. The number of unbranched alkanes of at least 4 members (excludes halogenated alkanes) is 60. The molecule has 0 aromatic rings. The van der Waals surface area contributed by atoms with E-state index in [2.05, 4.69) is 31.3 Å². The summed E-state index contributed by atoms with van der Waals surface area (Å²) in [4.78, 5) is 24.6. The maximum absolute atomic E-state index is 12.5. The predicted octanol–water partition coefficient (Wildman–Crippen LogP) is 25.3. The number of carbonyl (C=O) groups excluding carboxylic acids is 2. The molecule has 498 valence electrons. The van der Waals surface area contributed by atoms with Crippen LogP contribution in [0.25, 0.3) is 0 Å². The summed E-state index contributed by atoms with van der Waals surface area (Å²) < 4.78 is 5.49. The van der Waals surface area contributed by atoms with E-state index in [1.54, 1.807) is 6.08 Å². The van der Waals surface area contributed by atoms with Gasteiger partial charge in [0, 0.05) is 12.8 Å². The first-order chi connectivity index (χ1) is 41.5. The van der Waals surface area contributed by atoms with Crippen LogP contribution in [-0.2, 0) is 14.3 Å². The number of rotatable bonds is 73. The van der Waals surface area contributed by atoms with Crippen molar-refractivity contribution in [1.82, 2.24) is 5.32 Å². The summed E-state index contributed by atoms with van der Waals surface area (Å²) in [5.74, 6) is -0.0461. The number of aliphatic hydroxyl groups excluding tert-OH is 2. The normalized spacial score (nSPS) is 12.6. The third kappa shape index (κ3) is 69.4. The van der Waals surface area contributed by atoms with Crippen molar-refractivity contribution < 1.29 is 24.5 Å². The average Bonchev–Trinajstić information content (AvgIpc) is 3.51. The predicted molar refractivity (Wildman–Crippen MR) is 370 cm³/mol. The summed E-state index contributed by atoms with van der Waals surface area (Å²) in [6, 6.07) is -0.625. The molecule has 6 heteroatoms. The van der Waals surface area contributed by atoms with Crippen molar-refractivity contribution in [2.75, 3.05) is 13.2 Å². The highest BCUT2D eigenvalue weighted by Gasteiger charge is 2.18. The zero-order valence-corrected chi connectivity index (χ0v) is 57.2. The van der Waals surface area contributed by atoms with Crippen molar-refractivity contribution >= 4 is 11.9 Å². The van der Waals surface area contributed by atoms with Crippen LogP contribution in [-0.4, -0.2) is 47.4 Å². The van der Waals surface area contributed by atoms with Crippen molar-refractivity contribution in [2.24, 2.45) is 0 Å². The number of hydrogen-bond donors (Lipinski definition) is 3. The highest BCUT2D eigenvalue weighted by molar-refractivity contribution is 5.76. The number of allylic oxidation sites excluding steroid dienone is 3. The summed E-state index contributed by atoms with van der Waals surface area (Å²) >= 11 is 0. The van der Waals surface area contributed by atoms with E-state index in [0.717, 1.165) is 44.9 Å². The Labute approximate surface area is 526 Å². The number of aliphatic hydroxyl groups is 2. The number of carbonyl (C=O) groups is 2. The second-order valence-electron chi connectivity index (χ2n) is 26.7. The molecular weight excluding hydrogens is 1030 g/mol. The van der Waals surface area contributed by atoms with Gasteiger partial charge in [0.05, 0.1) is 25.4 Å². The highest BCUT2D eigenvalue weighted by atomic mass is 16.5. The minimum Gasteiger partial charge on any atom is -0.466 e. The summed E-state index contributed by atoms with van der Waals surface area (Å²) in [6.45, 7) is 4.94. The molecule has 0 saturated heterocycles. The van der Waals surface area contributed by atoms with Gasteiger partial charge in [0.15, 0.2) is 0 Å². The lowest BCUT2D eigenvalue weighted by molar-refractivity contribution is -0.143. The molecule has 0 fully saturated rings. The molecule has 0 rings (SSSR count). The van der Waals surface area contributed by atoms with E-state index in [1.165, 1.54) is 366 Å². The summed E-state index contributed by atoms with van der Waals surface area (Å²) in [7, 11) is 0. The van der Waals surface area contributed by atoms with Crippen molar-refractivity contribution in [1.29, 1.82) is 0 Å². The van der Waals surface area contributed by atoms with Gasteiger partial charge < -0.3 is 20.3 Å². The molecule has 2 unspecified atom stereocenters. The number of esters is 1. The Morgan fingerprint density at radius 3 is 0.857 bits per heavy atom. The largest absolute Gasteiger partial charge is 0.466 e. The Morgan fingerprint density at radius 1 is 0.321 bits per heavy atom. The van der Waals surface area contributed by atoms with Crippen LogP contribution in [0.4, 0.5) is 0 Å². The van der Waals surface area contributed by atoms with E-state index in [9.17, 15) is 19.8 Å². The van der Waals surface area contributed by atoms with Crippen LogP contribution in [0.3, 0.4) is 0 Å². The standard InChI is InChI=1S/C78H151NO5/c1-3-5-7-9-11-13-15-17-18-19-20-21-34-37-40-43-47-50-54-58-62-66-70-76(81)75(74-80)79-77(82)71-67-63-59-55-51-48-44-41-38-35-32-30-28-26-24-22-23-25-27-29-31-33-36-39-42-45-49-53-57-61-65-69-73-84-78(83)72-68-64-60-56-52-46-16-14-12-10-8-6-4-2/h14,16,66,70,75-76,80-81H,3-13,15,17-65,67-69,71-74H2,1-2H3,(H,79,82)/b16-14-,70-66+. The Hall–Kier alpha value is -1.66. The lowest BCUT2D eigenvalue weighted by Gasteiger charge is -2.20. The molecule has 0 aliphatic carbocycles. The van der Waals surface area contributed by atoms with E-state index >= 15 is 0 Å². The van der Waals surface area contributed by atoms with Gasteiger partial charge in [0.2, 0.25) is 5.91 Å². The summed E-state index contributed by atoms with van der Waals surface area (Å²) in [6.07, 6.45) is 94.4. The van der Waals surface area contributed by atoms with Gasteiger partial charge in [-0.05, 0) is 57.8 Å². The quantitative estimate of drug-likeness (QED) is 0.0320. The van der Waals surface area contributed by atoms with Crippen LogP contribution >= 0.6 is 0 Å². The van der Waals surface area contributed by atoms with Crippen LogP contribution in [0.2, 0.25) is 0 Å². The fourth-order valence-corrected chi connectivity index (χ4v) is 12.3. The topological polar surface area (TPSA) is 95.9 Å². The minimum atomic E-state index is -0.842. The molecule has 1 amide bonds. The molecule has 3 N–H and O–H groups in total. The number of amides is 1. The third-order valence-corrected chi connectivity index (χ3v) is 18.2. The van der Waals surface area contributed by atoms with Gasteiger partial charge in [-0.25, -0.2) is 0 Å². The molecule has 0 radical (unpaired) electrons. The molecule has 0 spiro atoms. The molecule has 0 saturated carbocycles. The second-order valence-corrected chi connectivity index (χ2v) is 26.7. The lowest BCUT2D eigenvalue weighted by atomic mass is 10.0. The van der Waals surface area contributed by atoms with Gasteiger partial charge in [-0.3, -0.25) is 9.59 Å². The Bertz CT molecular complexity index is 1320. The molecule has 0 aliphatic heterocycles. The first kappa shape index (κ1) is 82.3. The summed E-state index contributed by atoms with van der Waals surface area (Å²) in [5, 5.41) is 23.3. The van der Waals surface area contributed by atoms with Gasteiger partial charge in [0.1, 0.15) is 0 Å². The molecule has 0 aromatic carbocycles. The van der Waals surface area contributed by atoms with Crippen LogP contribution in [0.5, 0.6) is 0 Å². The second kappa shape index (κ2) is 73.8. The third-order valence-electron chi connectivity index (χ3n) is 18.2. The smallest absolute Gasteiger partial charge is 0.305 e. The number of hydrogen-bond acceptors (Lipinski definition) is 5. The van der Waals surface area contributed by atoms with Crippen molar-refractivity contribution in [3.63, 3.8) is 0 Å². The molecule has 0 aromatic heterocycles. The lowest BCUT2D eigenvalue weighted by Crippen LogP contribution is -2.45. The van der Waals surface area contributed by atoms with Gasteiger partial charge >= 0.3 is 5.97 Å². The van der Waals surface area contributed by atoms with E-state index in [1.807, 2.05) is 6.08 Å². The Balaban J connectivity index is 3.35. The molecule has 84 heavy (non-hydrogen) atoms. The molecule has 6 nitrogen and oxygen atoms in total. The van der Waals surface area contributed by atoms with E-state index in [4.69, 9.17) is 4.74 Å². The maximum atomic E-state index is 12.5. The maximum Gasteiger partial charge on any atom is 0.305 e. The van der Waals surface area contributed by atoms with Crippen LogP contribution in [0.15, 0.2) is 24.3 Å². The Kier molecular flexibility index (Phi) is 72.3. The van der Waals surface area contributed by atoms with E-state index in [0.29, 0.717) is 19.4 Å². The first-order valence-corrected chi connectivity index (χ1v) is 38.6. The molecule has 2 atom stereocenters. The molecule has 0 bridgehead atoms. The van der Waals surface area contributed by atoms with Crippen LogP contribution < -0.4 is 5.32 Å². The van der Waals surface area contributed by atoms with Gasteiger partial charge in [-0.15, -0.1) is 0 Å². The van der Waals surface area contributed by atoms with Crippen molar-refractivity contribution in [3.05, 3.63) is 24.3 Å². The Morgan fingerprint density at radius 2 is 0.560 bits per heavy atom. The van der Waals surface area contributed by atoms with E-state index in [-0.39, 0.29) is 18.5 Å². The van der Waals surface area contributed by atoms with Gasteiger partial charge in [-0.2, -0.15) is 0 Å². The monoisotopic (exact) mass is 1180 g/mol. The fraction of sp³-hybridized carbons (Fsp3) is 0.923. The first-order valence-electron chi connectivity index (χ1n) is 38.6. The SMILES string of the molecule is CCCCCC/C=C\CCCCCCCC(=O)OCCCCCCCCCCCCCCCCCCCCCCCCCCCCCCCCCCC(=O)NC(CO)C(O)/C=C/CCCCCCCCCCCCCCCCCCCCCC. The molecule has 0 aliphatic rings. The van der Waals surface area contributed by atoms with Crippen LogP contribution in [0, 0.1) is 0 Å². The van der Waals surface area contributed by atoms with Crippen LogP contribution in [0.1, 0.15) is 438 Å². The summed E-state index contributed by atoms with van der Waals surface area (Å²) in [5.41, 5.74) is 0. The van der Waals surface area contributed by atoms with Gasteiger partial charge in [-0.1, -0.05) is 391 Å². The molecular formula is C78H151NO5. The van der Waals surface area contributed by atoms with Gasteiger partial charge in [0.25, 0.3) is 0 Å². The van der Waals surface area contributed by atoms with E-state index < -0.39 is 12.1 Å². The van der Waals surface area contributed by atoms with Crippen molar-refractivity contribution in [3.8, 4) is 0 Å². The zero-order valence-electron chi connectivity index (χ0n) is 57.2. The zero-order chi connectivity index (χ0) is 60.6.